The first-order chi connectivity index (χ1) is 13.8. The zero-order valence-corrected chi connectivity index (χ0v) is 14.5. The Morgan fingerprint density at radius 2 is 1.97 bits per heavy atom. The van der Waals surface area contributed by atoms with E-state index in [9.17, 15) is 23.3 Å². The number of nitrogens with one attached hydrogen (secondary N) is 1. The lowest BCUT2D eigenvalue weighted by molar-refractivity contribution is -0.385. The number of ether oxygens (including phenoxy) is 3. The summed E-state index contributed by atoms with van der Waals surface area (Å²) < 4.78 is 54.2. The largest absolute Gasteiger partial charge is 0.482 e. The Morgan fingerprint density at radius 1 is 1.17 bits per heavy atom. The van der Waals surface area contributed by atoms with Crippen LogP contribution in [0, 0.1) is 10.1 Å². The number of H-pyrrole nitrogens is 1. The molecule has 0 saturated heterocycles. The van der Waals surface area contributed by atoms with Gasteiger partial charge in [0, 0.05) is 11.6 Å². The van der Waals surface area contributed by atoms with Gasteiger partial charge in [-0.3, -0.25) is 10.1 Å². The Morgan fingerprint density at radius 3 is 2.69 bits per heavy atom. The molecule has 0 saturated carbocycles. The average Bonchev–Trinajstić information content (AvgIpc) is 3.35. The quantitative estimate of drug-likeness (QED) is 0.500. The molecule has 1 aromatic heterocycles. The number of benzene rings is 2. The van der Waals surface area contributed by atoms with E-state index >= 15 is 0 Å². The second-order valence-corrected chi connectivity index (χ2v) is 6.06. The summed E-state index contributed by atoms with van der Waals surface area (Å²) in [5.41, 5.74) is -0.609. The second-order valence-electron chi connectivity index (χ2n) is 6.06. The number of alkyl halides is 3. The third kappa shape index (κ3) is 3.79. The fourth-order valence-corrected chi connectivity index (χ4v) is 2.73. The lowest BCUT2D eigenvalue weighted by Gasteiger charge is -2.08. The zero-order valence-electron chi connectivity index (χ0n) is 14.5. The number of hydrogen-bond acceptors (Lipinski definition) is 6. The van der Waals surface area contributed by atoms with Crippen LogP contribution in [0.25, 0.3) is 11.4 Å². The number of fused-ring (bicyclic) bond motifs is 1. The highest BCUT2D eigenvalue weighted by Gasteiger charge is 2.33. The Hall–Kier alpha value is -3.76. The van der Waals surface area contributed by atoms with E-state index in [-0.39, 0.29) is 30.5 Å². The van der Waals surface area contributed by atoms with E-state index in [0.29, 0.717) is 23.3 Å². The molecule has 1 aliphatic heterocycles. The van der Waals surface area contributed by atoms with Gasteiger partial charge in [-0.15, -0.1) is 0 Å². The van der Waals surface area contributed by atoms with Gasteiger partial charge in [0.15, 0.2) is 17.2 Å². The Kier molecular flexibility index (Phi) is 4.49. The van der Waals surface area contributed by atoms with Crippen molar-refractivity contribution in [1.29, 1.82) is 0 Å². The number of nitro benzene ring substituents is 1. The topological polar surface area (TPSA) is 99.5 Å². The molecule has 1 N–H and O–H groups in total. The standard InChI is InChI=1S/C18H12F3N3O5/c19-18(20,21)16-7-22-17(23-16)11-2-4-13(12(6-11)24(25)26)27-8-10-1-3-14-15(5-10)29-9-28-14/h1-7H,8-9H2,(H,22,23). The van der Waals surface area contributed by atoms with Gasteiger partial charge in [0.05, 0.1) is 11.1 Å². The molecule has 0 bridgehead atoms. The minimum atomic E-state index is -4.59. The van der Waals surface area contributed by atoms with Gasteiger partial charge in [-0.25, -0.2) is 4.98 Å². The van der Waals surface area contributed by atoms with Crippen molar-refractivity contribution in [3.63, 3.8) is 0 Å². The van der Waals surface area contributed by atoms with Crippen LogP contribution in [0.2, 0.25) is 0 Å². The zero-order chi connectivity index (χ0) is 20.6. The summed E-state index contributed by atoms with van der Waals surface area (Å²) in [5.74, 6) is 0.983. The van der Waals surface area contributed by atoms with E-state index in [0.717, 1.165) is 6.07 Å². The van der Waals surface area contributed by atoms with E-state index in [4.69, 9.17) is 14.2 Å². The van der Waals surface area contributed by atoms with Crippen LogP contribution in [0.15, 0.2) is 42.6 Å². The van der Waals surface area contributed by atoms with Crippen molar-refractivity contribution in [2.45, 2.75) is 12.8 Å². The molecule has 8 nitrogen and oxygen atoms in total. The number of rotatable bonds is 5. The minimum Gasteiger partial charge on any atom is -0.482 e. The number of aromatic nitrogens is 2. The number of nitro groups is 1. The van der Waals surface area contributed by atoms with Crippen LogP contribution in [0.3, 0.4) is 0 Å². The summed E-state index contributed by atoms with van der Waals surface area (Å²) in [6.45, 7) is 0.144. The molecule has 0 amide bonds. The van der Waals surface area contributed by atoms with Gasteiger partial charge >= 0.3 is 11.9 Å². The lowest BCUT2D eigenvalue weighted by Crippen LogP contribution is -2.04. The van der Waals surface area contributed by atoms with Crippen LogP contribution in [0.1, 0.15) is 11.3 Å². The van der Waals surface area contributed by atoms with Gasteiger partial charge in [0.25, 0.3) is 0 Å². The summed E-state index contributed by atoms with van der Waals surface area (Å²) >= 11 is 0. The van der Waals surface area contributed by atoms with E-state index in [2.05, 4.69) is 9.97 Å². The Labute approximate surface area is 161 Å². The van der Waals surface area contributed by atoms with Crippen molar-refractivity contribution in [3.05, 3.63) is 64.0 Å². The molecule has 2 heterocycles. The second kappa shape index (κ2) is 7.00. The molecule has 0 aliphatic carbocycles. The van der Waals surface area contributed by atoms with Crippen LogP contribution >= 0.6 is 0 Å². The molecular formula is C18H12F3N3O5. The van der Waals surface area contributed by atoms with E-state index in [1.165, 1.54) is 12.1 Å². The van der Waals surface area contributed by atoms with Crippen molar-refractivity contribution < 1.29 is 32.3 Å². The maximum atomic E-state index is 12.7. The summed E-state index contributed by atoms with van der Waals surface area (Å²) in [4.78, 5) is 16.5. The SMILES string of the molecule is O=[N+]([O-])c1cc(-c2ncc(C(F)(F)F)[nH]2)ccc1OCc1ccc2c(c1)OCO2. The summed E-state index contributed by atoms with van der Waals surface area (Å²) in [5, 5.41) is 11.4. The van der Waals surface area contributed by atoms with E-state index in [1.807, 2.05) is 0 Å². The predicted molar refractivity (Wildman–Crippen MR) is 92.6 cm³/mol. The molecule has 0 unspecified atom stereocenters. The van der Waals surface area contributed by atoms with Gasteiger partial charge in [0.2, 0.25) is 6.79 Å². The normalized spacial score (nSPS) is 12.8. The Balaban J connectivity index is 1.56. The van der Waals surface area contributed by atoms with Gasteiger partial charge < -0.3 is 19.2 Å². The van der Waals surface area contributed by atoms with Crippen LogP contribution < -0.4 is 14.2 Å². The predicted octanol–water partition coefficient (Wildman–Crippen LogP) is 4.31. The molecule has 0 atom stereocenters. The number of halogens is 3. The van der Waals surface area contributed by atoms with E-state index in [1.54, 1.807) is 18.2 Å². The van der Waals surface area contributed by atoms with Gasteiger partial charge in [-0.1, -0.05) is 6.07 Å². The highest BCUT2D eigenvalue weighted by molar-refractivity contribution is 5.64. The van der Waals surface area contributed by atoms with Crippen LogP contribution in [-0.4, -0.2) is 21.7 Å². The molecule has 2 aromatic carbocycles. The highest BCUT2D eigenvalue weighted by atomic mass is 19.4. The Bertz CT molecular complexity index is 1080. The molecule has 3 aromatic rings. The average molecular weight is 407 g/mol. The monoisotopic (exact) mass is 407 g/mol. The van der Waals surface area contributed by atoms with E-state index < -0.39 is 22.5 Å². The smallest absolute Gasteiger partial charge is 0.432 e. The lowest BCUT2D eigenvalue weighted by atomic mass is 10.1. The van der Waals surface area contributed by atoms with Crippen molar-refractivity contribution >= 4 is 5.69 Å². The van der Waals surface area contributed by atoms with Crippen LogP contribution in [0.5, 0.6) is 17.2 Å². The molecule has 150 valence electrons. The summed E-state index contributed by atoms with van der Waals surface area (Å²) in [6.07, 6.45) is -3.96. The van der Waals surface area contributed by atoms with Gasteiger partial charge in [0.1, 0.15) is 18.1 Å². The molecule has 0 fully saturated rings. The highest BCUT2D eigenvalue weighted by Crippen LogP contribution is 2.35. The minimum absolute atomic E-state index is 0.0236. The number of imidazole rings is 1. The molecular weight excluding hydrogens is 395 g/mol. The fraction of sp³-hybridized carbons (Fsp3) is 0.167. The maximum absolute atomic E-state index is 12.7. The maximum Gasteiger partial charge on any atom is 0.432 e. The molecule has 29 heavy (non-hydrogen) atoms. The van der Waals surface area contributed by atoms with Crippen molar-refractivity contribution in [3.8, 4) is 28.6 Å². The molecule has 0 spiro atoms. The molecule has 4 rings (SSSR count). The van der Waals surface area contributed by atoms with Gasteiger partial charge in [-0.05, 0) is 29.8 Å². The third-order valence-electron chi connectivity index (χ3n) is 4.14. The van der Waals surface area contributed by atoms with Crippen molar-refractivity contribution in [2.75, 3.05) is 6.79 Å². The fourth-order valence-electron chi connectivity index (χ4n) is 2.73. The van der Waals surface area contributed by atoms with Gasteiger partial charge in [-0.2, -0.15) is 13.2 Å². The number of nitrogens with zero attached hydrogens (tertiary/aromatic N) is 2. The number of aromatic amines is 1. The van der Waals surface area contributed by atoms with Crippen LogP contribution in [-0.2, 0) is 12.8 Å². The van der Waals surface area contributed by atoms with Crippen molar-refractivity contribution in [2.24, 2.45) is 0 Å². The molecule has 1 aliphatic rings. The molecule has 0 radical (unpaired) electrons. The first-order valence-corrected chi connectivity index (χ1v) is 8.23. The van der Waals surface area contributed by atoms with Crippen LogP contribution in [0.4, 0.5) is 18.9 Å². The summed E-state index contributed by atoms with van der Waals surface area (Å²) in [6, 6.07) is 8.94. The first kappa shape index (κ1) is 18.6. The summed E-state index contributed by atoms with van der Waals surface area (Å²) in [7, 11) is 0. The third-order valence-corrected chi connectivity index (χ3v) is 4.14. The molecule has 11 heteroatoms. The first-order valence-electron chi connectivity index (χ1n) is 8.23. The van der Waals surface area contributed by atoms with Crippen molar-refractivity contribution in [1.82, 2.24) is 9.97 Å². The number of hydrogen-bond donors (Lipinski definition) is 1.